The lowest BCUT2D eigenvalue weighted by Crippen LogP contribution is -2.08. The lowest BCUT2D eigenvalue weighted by atomic mass is 10.0. The molecule has 0 bridgehead atoms. The number of rotatable bonds is 7. The van der Waals surface area contributed by atoms with Gasteiger partial charge in [-0.1, -0.05) is 43.0 Å². The Morgan fingerprint density at radius 1 is 1.17 bits per heavy atom. The fourth-order valence-corrected chi connectivity index (χ4v) is 2.04. The van der Waals surface area contributed by atoms with Gasteiger partial charge >= 0.3 is 0 Å². The fourth-order valence-electron chi connectivity index (χ4n) is 1.65. The standard InChI is InChI=1S/C14H16Cl2O2/c1-2-3-4-5-11(17)9-14(18)12-8-10(15)6-7-13(12)16/h6-8H,2-5,9H2,1H3. The van der Waals surface area contributed by atoms with Gasteiger partial charge in [-0.05, 0) is 24.6 Å². The van der Waals surface area contributed by atoms with E-state index in [0.29, 0.717) is 22.0 Å². The zero-order valence-corrected chi connectivity index (χ0v) is 11.9. The molecular formula is C14H16Cl2O2. The summed E-state index contributed by atoms with van der Waals surface area (Å²) in [7, 11) is 0. The molecule has 0 saturated heterocycles. The number of unbranched alkanes of at least 4 members (excludes halogenated alkanes) is 2. The van der Waals surface area contributed by atoms with E-state index in [-0.39, 0.29) is 18.0 Å². The molecule has 0 amide bonds. The van der Waals surface area contributed by atoms with Gasteiger partial charge in [0.25, 0.3) is 0 Å². The molecule has 98 valence electrons. The summed E-state index contributed by atoms with van der Waals surface area (Å²) >= 11 is 11.7. The first-order chi connectivity index (χ1) is 8.54. The smallest absolute Gasteiger partial charge is 0.171 e. The van der Waals surface area contributed by atoms with Crippen LogP contribution in [0.1, 0.15) is 49.4 Å². The van der Waals surface area contributed by atoms with E-state index < -0.39 is 0 Å². The van der Waals surface area contributed by atoms with E-state index >= 15 is 0 Å². The molecule has 1 aromatic rings. The van der Waals surface area contributed by atoms with Crippen molar-refractivity contribution in [3.05, 3.63) is 33.8 Å². The topological polar surface area (TPSA) is 34.1 Å². The van der Waals surface area contributed by atoms with Gasteiger partial charge < -0.3 is 0 Å². The first-order valence-corrected chi connectivity index (χ1v) is 6.80. The minimum Gasteiger partial charge on any atom is -0.299 e. The third kappa shape index (κ3) is 4.79. The van der Waals surface area contributed by atoms with Gasteiger partial charge in [0.2, 0.25) is 0 Å². The lowest BCUT2D eigenvalue weighted by Gasteiger charge is -2.04. The van der Waals surface area contributed by atoms with Crippen molar-refractivity contribution < 1.29 is 9.59 Å². The largest absolute Gasteiger partial charge is 0.299 e. The number of Topliss-reactive ketones (excluding diaryl/α,β-unsaturated/α-hetero) is 2. The van der Waals surface area contributed by atoms with Crippen LogP contribution in [0.2, 0.25) is 10.0 Å². The zero-order chi connectivity index (χ0) is 13.5. The Balaban J connectivity index is 2.59. The Labute approximate surface area is 117 Å². The van der Waals surface area contributed by atoms with E-state index in [1.165, 1.54) is 6.07 Å². The van der Waals surface area contributed by atoms with Crippen LogP contribution in [-0.2, 0) is 4.79 Å². The Morgan fingerprint density at radius 2 is 1.89 bits per heavy atom. The normalized spacial score (nSPS) is 10.4. The Morgan fingerprint density at radius 3 is 2.56 bits per heavy atom. The number of ketones is 2. The van der Waals surface area contributed by atoms with E-state index in [4.69, 9.17) is 23.2 Å². The Hall–Kier alpha value is -0.860. The lowest BCUT2D eigenvalue weighted by molar-refractivity contribution is -0.118. The van der Waals surface area contributed by atoms with Crippen LogP contribution in [0.25, 0.3) is 0 Å². The van der Waals surface area contributed by atoms with E-state index in [9.17, 15) is 9.59 Å². The summed E-state index contributed by atoms with van der Waals surface area (Å²) in [6.07, 6.45) is 3.27. The maximum absolute atomic E-state index is 11.9. The maximum Gasteiger partial charge on any atom is 0.171 e. The average Bonchev–Trinajstić information content (AvgIpc) is 2.32. The molecule has 0 unspecified atom stereocenters. The van der Waals surface area contributed by atoms with Crippen molar-refractivity contribution in [1.29, 1.82) is 0 Å². The summed E-state index contributed by atoms with van der Waals surface area (Å²) in [5, 5.41) is 0.784. The van der Waals surface area contributed by atoms with Crippen molar-refractivity contribution in [2.75, 3.05) is 0 Å². The van der Waals surface area contributed by atoms with Crippen LogP contribution in [0.15, 0.2) is 18.2 Å². The monoisotopic (exact) mass is 286 g/mol. The van der Waals surface area contributed by atoms with E-state index in [0.717, 1.165) is 19.3 Å². The van der Waals surface area contributed by atoms with Crippen LogP contribution >= 0.6 is 23.2 Å². The average molecular weight is 287 g/mol. The molecule has 0 radical (unpaired) electrons. The number of hydrogen-bond donors (Lipinski definition) is 0. The number of carbonyl (C=O) groups is 2. The SMILES string of the molecule is CCCCCC(=O)CC(=O)c1cc(Cl)ccc1Cl. The Bertz CT molecular complexity index is 441. The van der Waals surface area contributed by atoms with Crippen LogP contribution < -0.4 is 0 Å². The molecule has 1 aromatic carbocycles. The van der Waals surface area contributed by atoms with Crippen molar-refractivity contribution in [3.63, 3.8) is 0 Å². The highest BCUT2D eigenvalue weighted by Crippen LogP contribution is 2.22. The summed E-state index contributed by atoms with van der Waals surface area (Å²) in [4.78, 5) is 23.5. The fraction of sp³-hybridized carbons (Fsp3) is 0.429. The van der Waals surface area contributed by atoms with E-state index in [1.807, 2.05) is 0 Å². The molecule has 0 N–H and O–H groups in total. The predicted molar refractivity (Wildman–Crippen MR) is 74.6 cm³/mol. The highest BCUT2D eigenvalue weighted by atomic mass is 35.5. The van der Waals surface area contributed by atoms with Crippen LogP contribution in [0, 0.1) is 0 Å². The summed E-state index contributed by atoms with van der Waals surface area (Å²) < 4.78 is 0. The molecule has 4 heteroatoms. The number of hydrogen-bond acceptors (Lipinski definition) is 2. The second kappa shape index (κ2) is 7.55. The molecule has 0 spiro atoms. The summed E-state index contributed by atoms with van der Waals surface area (Å²) in [6.45, 7) is 2.07. The van der Waals surface area contributed by atoms with Crippen LogP contribution in [0.4, 0.5) is 0 Å². The van der Waals surface area contributed by atoms with Gasteiger partial charge in [-0.3, -0.25) is 9.59 Å². The van der Waals surface area contributed by atoms with Gasteiger partial charge in [0.15, 0.2) is 5.78 Å². The molecule has 0 aliphatic carbocycles. The maximum atomic E-state index is 11.9. The highest BCUT2D eigenvalue weighted by molar-refractivity contribution is 6.36. The molecule has 1 rings (SSSR count). The van der Waals surface area contributed by atoms with E-state index in [2.05, 4.69) is 6.92 Å². The third-order valence-electron chi connectivity index (χ3n) is 2.65. The molecule has 0 aliphatic rings. The third-order valence-corrected chi connectivity index (χ3v) is 3.21. The van der Waals surface area contributed by atoms with Gasteiger partial charge in [-0.25, -0.2) is 0 Å². The van der Waals surface area contributed by atoms with Crippen molar-refractivity contribution in [1.82, 2.24) is 0 Å². The van der Waals surface area contributed by atoms with Crippen molar-refractivity contribution >= 4 is 34.8 Å². The summed E-state index contributed by atoms with van der Waals surface area (Å²) in [5.74, 6) is -0.298. The molecule has 0 aliphatic heterocycles. The first kappa shape index (κ1) is 15.2. The van der Waals surface area contributed by atoms with Gasteiger partial charge in [-0.15, -0.1) is 0 Å². The van der Waals surface area contributed by atoms with Crippen molar-refractivity contribution in [3.8, 4) is 0 Å². The van der Waals surface area contributed by atoms with Gasteiger partial charge in [0.05, 0.1) is 11.4 Å². The predicted octanol–water partition coefficient (Wildman–Crippen LogP) is 4.72. The molecular weight excluding hydrogens is 271 g/mol. The summed E-state index contributed by atoms with van der Waals surface area (Å²) in [5.41, 5.74) is 0.327. The van der Waals surface area contributed by atoms with Crippen LogP contribution in [0.3, 0.4) is 0 Å². The highest BCUT2D eigenvalue weighted by Gasteiger charge is 2.14. The van der Waals surface area contributed by atoms with Crippen LogP contribution in [0.5, 0.6) is 0 Å². The second-order valence-corrected chi connectivity index (χ2v) is 5.06. The second-order valence-electron chi connectivity index (χ2n) is 4.22. The molecule has 0 aromatic heterocycles. The van der Waals surface area contributed by atoms with E-state index in [1.54, 1.807) is 12.1 Å². The van der Waals surface area contributed by atoms with Crippen molar-refractivity contribution in [2.24, 2.45) is 0 Å². The van der Waals surface area contributed by atoms with Gasteiger partial charge in [0, 0.05) is 17.0 Å². The first-order valence-electron chi connectivity index (χ1n) is 6.04. The molecule has 0 fully saturated rings. The molecule has 0 saturated carbocycles. The van der Waals surface area contributed by atoms with Gasteiger partial charge in [0.1, 0.15) is 5.78 Å². The quantitative estimate of drug-likeness (QED) is 0.413. The van der Waals surface area contributed by atoms with Crippen LogP contribution in [-0.4, -0.2) is 11.6 Å². The minimum absolute atomic E-state index is 0.0375. The van der Waals surface area contributed by atoms with Crippen molar-refractivity contribution in [2.45, 2.75) is 39.0 Å². The molecule has 18 heavy (non-hydrogen) atoms. The number of halogens is 2. The molecule has 0 atom stereocenters. The summed E-state index contributed by atoms with van der Waals surface area (Å²) in [6, 6.07) is 4.69. The Kier molecular flexibility index (Phi) is 6.37. The zero-order valence-electron chi connectivity index (χ0n) is 10.3. The number of benzene rings is 1. The molecule has 2 nitrogen and oxygen atoms in total. The number of carbonyl (C=O) groups excluding carboxylic acids is 2. The molecule has 0 heterocycles. The minimum atomic E-state index is -0.260. The van der Waals surface area contributed by atoms with Gasteiger partial charge in [-0.2, -0.15) is 0 Å².